The molecule has 1 rings (SSSR count). The van der Waals surface area contributed by atoms with E-state index in [4.69, 9.17) is 5.73 Å². The molecule has 0 bridgehead atoms. The molecule has 1 aromatic rings. The molecule has 8 heteroatoms. The van der Waals surface area contributed by atoms with Crippen LogP contribution in [0.3, 0.4) is 0 Å². The lowest BCUT2D eigenvalue weighted by Crippen LogP contribution is -2.36. The third-order valence-electron chi connectivity index (χ3n) is 1.88. The molecule has 7 nitrogen and oxygen atoms in total. The standard InChI is InChI=1S/C7H10N2O2S.C5H11NO2/c1-8(2)7-3-5-9(6-4-7)12(10)11;1-5(2,3)8-4(6)7/h3-6H,1-2H3;1-3H3,(H2,6,7). The number of pyridine rings is 1. The molecule has 2 N–H and O–H groups in total. The normalized spacial score (nSPS) is 11.9. The topological polar surface area (TPSA) is 99.6 Å². The first-order valence-corrected chi connectivity index (χ1v) is 6.83. The van der Waals surface area contributed by atoms with Crippen LogP contribution in [0.25, 0.3) is 0 Å². The highest BCUT2D eigenvalue weighted by Crippen LogP contribution is 2.05. The number of carbonyl (C=O) groups is 1. The second-order valence-electron chi connectivity index (χ2n) is 5.06. The van der Waals surface area contributed by atoms with E-state index in [0.29, 0.717) is 0 Å². The Morgan fingerprint density at radius 3 is 2.00 bits per heavy atom. The zero-order chi connectivity index (χ0) is 15.9. The van der Waals surface area contributed by atoms with Crippen molar-refractivity contribution < 1.29 is 22.3 Å². The van der Waals surface area contributed by atoms with E-state index >= 15 is 0 Å². The van der Waals surface area contributed by atoms with Crippen LogP contribution in [-0.2, 0) is 16.0 Å². The lowest BCUT2D eigenvalue weighted by atomic mass is 10.2. The Labute approximate surface area is 121 Å². The van der Waals surface area contributed by atoms with Crippen molar-refractivity contribution in [1.82, 2.24) is 0 Å². The number of rotatable bonds is 2. The zero-order valence-electron chi connectivity index (χ0n) is 12.3. The molecule has 0 fully saturated rings. The molecule has 20 heavy (non-hydrogen) atoms. The van der Waals surface area contributed by atoms with Crippen LogP contribution in [0.5, 0.6) is 0 Å². The highest BCUT2D eigenvalue weighted by atomic mass is 32.2. The molecule has 0 saturated carbocycles. The van der Waals surface area contributed by atoms with Gasteiger partial charge < -0.3 is 19.9 Å². The van der Waals surface area contributed by atoms with Gasteiger partial charge in [-0.15, -0.1) is 3.97 Å². The SMILES string of the molecule is CC(C)(C)OC(N)=O.CN(C)c1cc[n+](S(=O)[O-])cc1. The van der Waals surface area contributed by atoms with E-state index in [0.717, 1.165) is 9.66 Å². The molecule has 1 amide bonds. The van der Waals surface area contributed by atoms with Crippen LogP contribution in [0.4, 0.5) is 10.5 Å². The van der Waals surface area contributed by atoms with Gasteiger partial charge in [-0.25, -0.2) is 9.00 Å². The number of hydrogen-bond acceptors (Lipinski definition) is 5. The number of carbonyl (C=O) groups excluding carboxylic acids is 1. The van der Waals surface area contributed by atoms with Crippen LogP contribution < -0.4 is 14.6 Å². The van der Waals surface area contributed by atoms with Crippen LogP contribution in [-0.4, -0.2) is 34.6 Å². The number of anilines is 1. The Morgan fingerprint density at radius 1 is 1.35 bits per heavy atom. The summed E-state index contributed by atoms with van der Waals surface area (Å²) in [7, 11) is 3.79. The van der Waals surface area contributed by atoms with Crippen LogP contribution in [0.1, 0.15) is 20.8 Å². The minimum atomic E-state index is -2.20. The van der Waals surface area contributed by atoms with E-state index < -0.39 is 23.0 Å². The van der Waals surface area contributed by atoms with Crippen molar-refractivity contribution in [3.63, 3.8) is 0 Å². The van der Waals surface area contributed by atoms with Crippen molar-refractivity contribution in [2.45, 2.75) is 26.4 Å². The Balaban J connectivity index is 0.000000396. The minimum absolute atomic E-state index is 0.453. The first-order valence-electron chi connectivity index (χ1n) is 5.80. The third kappa shape index (κ3) is 8.44. The van der Waals surface area contributed by atoms with E-state index in [9.17, 15) is 13.6 Å². The van der Waals surface area contributed by atoms with Crippen molar-refractivity contribution in [3.05, 3.63) is 24.5 Å². The maximum absolute atomic E-state index is 10.4. The molecule has 1 atom stereocenters. The van der Waals surface area contributed by atoms with Crippen molar-refractivity contribution in [3.8, 4) is 0 Å². The molecule has 0 aliphatic carbocycles. The van der Waals surface area contributed by atoms with Gasteiger partial charge in [0.05, 0.1) is 0 Å². The quantitative estimate of drug-likeness (QED) is 0.636. The number of primary amides is 1. The summed E-state index contributed by atoms with van der Waals surface area (Å²) in [5, 5.41) is 0. The number of nitrogens with two attached hydrogens (primary N) is 1. The second kappa shape index (κ2) is 7.81. The Kier molecular flexibility index (Phi) is 7.16. The van der Waals surface area contributed by atoms with Gasteiger partial charge in [-0.05, 0) is 20.8 Å². The smallest absolute Gasteiger partial charge is 0.405 e. The Hall–Kier alpha value is -1.67. The van der Waals surface area contributed by atoms with E-state index in [1.54, 1.807) is 32.9 Å². The molecule has 1 heterocycles. The van der Waals surface area contributed by atoms with Gasteiger partial charge in [0.2, 0.25) is 11.3 Å². The molecule has 0 spiro atoms. The number of hydrogen-bond donors (Lipinski definition) is 1. The van der Waals surface area contributed by atoms with Gasteiger partial charge in [-0.3, -0.25) is 0 Å². The number of amides is 1. The first kappa shape index (κ1) is 18.3. The summed E-state index contributed by atoms with van der Waals surface area (Å²) in [6, 6.07) is 3.46. The summed E-state index contributed by atoms with van der Waals surface area (Å²) in [6.45, 7) is 5.28. The lowest BCUT2D eigenvalue weighted by Gasteiger charge is -2.16. The molecule has 1 unspecified atom stereocenters. The summed E-state index contributed by atoms with van der Waals surface area (Å²) in [6.07, 6.45) is 2.27. The van der Waals surface area contributed by atoms with E-state index in [1.165, 1.54) is 12.4 Å². The minimum Gasteiger partial charge on any atom is -0.716 e. The number of nitrogens with zero attached hydrogens (tertiary/aromatic N) is 2. The van der Waals surface area contributed by atoms with Gasteiger partial charge in [0.15, 0.2) is 12.4 Å². The second-order valence-corrected chi connectivity index (χ2v) is 5.92. The van der Waals surface area contributed by atoms with Gasteiger partial charge in [0.25, 0.3) is 0 Å². The maximum Gasteiger partial charge on any atom is 0.405 e. The fraction of sp³-hybridized carbons (Fsp3) is 0.500. The predicted octanol–water partition coefficient (Wildman–Crippen LogP) is 0.563. The largest absolute Gasteiger partial charge is 0.716 e. The van der Waals surface area contributed by atoms with Crippen LogP contribution >= 0.6 is 0 Å². The van der Waals surface area contributed by atoms with Gasteiger partial charge in [0, 0.05) is 31.9 Å². The highest BCUT2D eigenvalue weighted by Gasteiger charge is 2.12. The van der Waals surface area contributed by atoms with Gasteiger partial charge in [0.1, 0.15) is 5.60 Å². The van der Waals surface area contributed by atoms with Crippen LogP contribution in [0.15, 0.2) is 24.5 Å². The first-order chi connectivity index (χ1) is 9.03. The van der Waals surface area contributed by atoms with E-state index in [1.807, 2.05) is 19.0 Å². The van der Waals surface area contributed by atoms with Crippen molar-refractivity contribution in [1.29, 1.82) is 0 Å². The maximum atomic E-state index is 10.4. The van der Waals surface area contributed by atoms with Gasteiger partial charge in [-0.2, -0.15) is 0 Å². The summed E-state index contributed by atoms with van der Waals surface area (Å²) in [5.74, 6) is 0. The highest BCUT2D eigenvalue weighted by molar-refractivity contribution is 7.72. The summed E-state index contributed by atoms with van der Waals surface area (Å²) >= 11 is -2.20. The summed E-state index contributed by atoms with van der Waals surface area (Å²) in [4.78, 5) is 11.9. The predicted molar refractivity (Wildman–Crippen MR) is 75.7 cm³/mol. The van der Waals surface area contributed by atoms with Crippen molar-refractivity contribution in [2.75, 3.05) is 19.0 Å². The lowest BCUT2D eigenvalue weighted by molar-refractivity contribution is -0.511. The van der Waals surface area contributed by atoms with E-state index in [2.05, 4.69) is 4.74 Å². The third-order valence-corrected chi connectivity index (χ3v) is 2.47. The Bertz CT molecular complexity index is 455. The molecule has 0 aromatic carbocycles. The summed E-state index contributed by atoms with van der Waals surface area (Å²) < 4.78 is 26.5. The molecule has 114 valence electrons. The molecule has 0 radical (unpaired) electrons. The molecule has 0 aliphatic rings. The fourth-order valence-corrected chi connectivity index (χ4v) is 1.42. The van der Waals surface area contributed by atoms with Crippen molar-refractivity contribution >= 4 is 23.0 Å². The Morgan fingerprint density at radius 2 is 1.80 bits per heavy atom. The summed E-state index contributed by atoms with van der Waals surface area (Å²) in [5.41, 5.74) is 5.23. The van der Waals surface area contributed by atoms with E-state index in [-0.39, 0.29) is 0 Å². The molecule has 0 aliphatic heterocycles. The van der Waals surface area contributed by atoms with Gasteiger partial charge in [-0.1, -0.05) is 0 Å². The van der Waals surface area contributed by atoms with Gasteiger partial charge >= 0.3 is 6.09 Å². The average molecular weight is 303 g/mol. The molecular formula is C12H21N3O4S. The van der Waals surface area contributed by atoms with Crippen LogP contribution in [0.2, 0.25) is 0 Å². The monoisotopic (exact) mass is 303 g/mol. The number of ether oxygens (including phenoxy) is 1. The zero-order valence-corrected chi connectivity index (χ0v) is 13.1. The molecule has 0 saturated heterocycles. The van der Waals surface area contributed by atoms with Crippen molar-refractivity contribution in [2.24, 2.45) is 5.73 Å². The molecular weight excluding hydrogens is 282 g/mol. The van der Waals surface area contributed by atoms with Crippen LogP contribution in [0, 0.1) is 0 Å². The number of aromatic nitrogens is 1. The average Bonchev–Trinajstić information content (AvgIpc) is 2.26. The fourth-order valence-electron chi connectivity index (χ4n) is 1.10. The molecule has 1 aromatic heterocycles.